The Labute approximate surface area is 106 Å². The van der Waals surface area contributed by atoms with Crippen LogP contribution in [0, 0.1) is 0 Å². The summed E-state index contributed by atoms with van der Waals surface area (Å²) in [7, 11) is 0. The van der Waals surface area contributed by atoms with Crippen molar-refractivity contribution < 1.29 is 4.74 Å². The average Bonchev–Trinajstić information content (AvgIpc) is 2.89. The highest BCUT2D eigenvalue weighted by Crippen LogP contribution is 2.63. The van der Waals surface area contributed by atoms with Crippen molar-refractivity contribution in [2.45, 2.75) is 17.6 Å². The van der Waals surface area contributed by atoms with Crippen LogP contribution >= 0.6 is 0 Å². The minimum absolute atomic E-state index is 0.199. The van der Waals surface area contributed by atoms with E-state index >= 15 is 0 Å². The van der Waals surface area contributed by atoms with Gasteiger partial charge < -0.3 is 4.74 Å². The average molecular weight is 232 g/mol. The number of allylic oxidation sites excluding steroid dienone is 3. The second kappa shape index (κ2) is 2.60. The van der Waals surface area contributed by atoms with Gasteiger partial charge in [-0.05, 0) is 46.9 Å². The van der Waals surface area contributed by atoms with Crippen LogP contribution in [-0.4, -0.2) is 5.60 Å². The molecule has 1 fully saturated rings. The van der Waals surface area contributed by atoms with Gasteiger partial charge in [-0.25, -0.2) is 0 Å². The zero-order chi connectivity index (χ0) is 11.8. The lowest BCUT2D eigenvalue weighted by Crippen LogP contribution is -2.24. The molecule has 1 heterocycles. The summed E-state index contributed by atoms with van der Waals surface area (Å²) >= 11 is 0. The molecule has 0 aromatic heterocycles. The molecule has 0 radical (unpaired) electrons. The first-order chi connectivity index (χ1) is 8.85. The van der Waals surface area contributed by atoms with Crippen LogP contribution in [0.3, 0.4) is 0 Å². The highest BCUT2D eigenvalue weighted by molar-refractivity contribution is 5.77. The zero-order valence-corrected chi connectivity index (χ0v) is 9.89. The number of fused-ring (bicyclic) bond motifs is 3. The van der Waals surface area contributed by atoms with Crippen molar-refractivity contribution in [1.29, 1.82) is 0 Å². The molecule has 4 aliphatic rings. The first-order valence-corrected chi connectivity index (χ1v) is 6.44. The minimum Gasteiger partial charge on any atom is -0.344 e. The Hall–Kier alpha value is -1.86. The summed E-state index contributed by atoms with van der Waals surface area (Å²) < 4.78 is 6.12. The van der Waals surface area contributed by atoms with E-state index in [0.717, 1.165) is 6.42 Å². The van der Waals surface area contributed by atoms with Crippen LogP contribution in [0.1, 0.15) is 22.3 Å². The van der Waals surface area contributed by atoms with Crippen molar-refractivity contribution >= 4 is 12.2 Å². The summed E-state index contributed by atoms with van der Waals surface area (Å²) in [6.45, 7) is 0. The van der Waals surface area contributed by atoms with Gasteiger partial charge >= 0.3 is 0 Å². The van der Waals surface area contributed by atoms with Crippen LogP contribution in [0.5, 0.6) is 0 Å². The fourth-order valence-corrected chi connectivity index (χ4v) is 3.61. The SMILES string of the molecule is C1=C[C@]23C=Cc4c(ccc5c4CC=C5)[C@@]2(C=C1)O3. The summed E-state index contributed by atoms with van der Waals surface area (Å²) in [6, 6.07) is 4.46. The molecule has 0 amide bonds. The van der Waals surface area contributed by atoms with Crippen molar-refractivity contribution in [3.63, 3.8) is 0 Å². The van der Waals surface area contributed by atoms with E-state index in [-0.39, 0.29) is 11.2 Å². The minimum atomic E-state index is -0.219. The Morgan fingerprint density at radius 1 is 1.00 bits per heavy atom. The third-order valence-corrected chi connectivity index (χ3v) is 4.56. The van der Waals surface area contributed by atoms with Crippen molar-refractivity contribution in [3.8, 4) is 0 Å². The number of hydrogen-bond acceptors (Lipinski definition) is 1. The maximum atomic E-state index is 6.12. The van der Waals surface area contributed by atoms with Crippen molar-refractivity contribution in [1.82, 2.24) is 0 Å². The fourth-order valence-electron chi connectivity index (χ4n) is 3.61. The van der Waals surface area contributed by atoms with Crippen molar-refractivity contribution in [2.24, 2.45) is 0 Å². The molecule has 1 aromatic rings. The van der Waals surface area contributed by atoms with Gasteiger partial charge in [-0.15, -0.1) is 0 Å². The van der Waals surface area contributed by atoms with Gasteiger partial charge in [0, 0.05) is 0 Å². The number of epoxide rings is 1. The molecule has 5 rings (SSSR count). The van der Waals surface area contributed by atoms with Crippen molar-refractivity contribution in [3.05, 3.63) is 70.8 Å². The van der Waals surface area contributed by atoms with Gasteiger partial charge in [0.1, 0.15) is 5.60 Å². The molecule has 0 N–H and O–H groups in total. The maximum Gasteiger partial charge on any atom is 0.150 e. The Bertz CT molecular complexity index is 705. The summed E-state index contributed by atoms with van der Waals surface area (Å²) in [5.74, 6) is 0. The molecule has 3 aliphatic carbocycles. The predicted octanol–water partition coefficient (Wildman–Crippen LogP) is 3.37. The normalized spacial score (nSPS) is 36.0. The Morgan fingerprint density at radius 3 is 2.94 bits per heavy atom. The van der Waals surface area contributed by atoms with Crippen LogP contribution in [0.4, 0.5) is 0 Å². The number of hydrogen-bond donors (Lipinski definition) is 0. The Balaban J connectivity index is 1.83. The Kier molecular flexibility index (Phi) is 1.32. The molecular formula is C17H12O. The topological polar surface area (TPSA) is 12.5 Å². The van der Waals surface area contributed by atoms with E-state index in [1.807, 2.05) is 0 Å². The molecule has 1 heteroatoms. The van der Waals surface area contributed by atoms with E-state index in [9.17, 15) is 0 Å². The summed E-state index contributed by atoms with van der Waals surface area (Å²) in [6.07, 6.45) is 18.5. The molecule has 0 spiro atoms. The standard InChI is InChI=1S/C17H12O/c1-2-10-17-15-7-6-12-4-3-5-13(12)14(15)8-11-16(17,9-1)18-17/h1-4,6-11H,5H2/t16-,17+/m0/s1. The fraction of sp³-hybridized carbons (Fsp3) is 0.176. The molecule has 1 saturated heterocycles. The number of rotatable bonds is 0. The van der Waals surface area contributed by atoms with Crippen LogP contribution in [0.2, 0.25) is 0 Å². The predicted molar refractivity (Wildman–Crippen MR) is 72.0 cm³/mol. The van der Waals surface area contributed by atoms with Crippen LogP contribution in [0.25, 0.3) is 12.2 Å². The molecule has 0 saturated carbocycles. The van der Waals surface area contributed by atoms with Gasteiger partial charge in [0.05, 0.1) is 0 Å². The maximum absolute atomic E-state index is 6.12. The summed E-state index contributed by atoms with van der Waals surface area (Å²) in [5, 5.41) is 0. The first kappa shape index (κ1) is 9.12. The molecule has 18 heavy (non-hydrogen) atoms. The van der Waals surface area contributed by atoms with Gasteiger partial charge in [-0.1, -0.05) is 42.5 Å². The smallest absolute Gasteiger partial charge is 0.150 e. The highest BCUT2D eigenvalue weighted by atomic mass is 16.6. The van der Waals surface area contributed by atoms with Gasteiger partial charge in [-0.2, -0.15) is 0 Å². The van der Waals surface area contributed by atoms with Crippen molar-refractivity contribution in [2.75, 3.05) is 0 Å². The molecule has 1 aromatic carbocycles. The zero-order valence-electron chi connectivity index (χ0n) is 9.89. The highest BCUT2D eigenvalue weighted by Gasteiger charge is 2.69. The van der Waals surface area contributed by atoms with Gasteiger partial charge in [-0.3, -0.25) is 0 Å². The lowest BCUT2D eigenvalue weighted by atomic mass is 9.75. The monoisotopic (exact) mass is 232 g/mol. The third kappa shape index (κ3) is 0.803. The van der Waals surface area contributed by atoms with E-state index in [2.05, 4.69) is 60.7 Å². The number of ether oxygens (including phenoxy) is 1. The van der Waals surface area contributed by atoms with E-state index < -0.39 is 0 Å². The van der Waals surface area contributed by atoms with E-state index in [0.29, 0.717) is 0 Å². The van der Waals surface area contributed by atoms with Crippen LogP contribution < -0.4 is 0 Å². The lowest BCUT2D eigenvalue weighted by Gasteiger charge is -2.23. The lowest BCUT2D eigenvalue weighted by molar-refractivity contribution is 0.328. The van der Waals surface area contributed by atoms with Crippen LogP contribution in [-0.2, 0) is 16.8 Å². The molecular weight excluding hydrogens is 220 g/mol. The molecule has 1 nitrogen and oxygen atoms in total. The second-order valence-corrected chi connectivity index (χ2v) is 5.38. The van der Waals surface area contributed by atoms with Crippen LogP contribution in [0.15, 0.2) is 48.6 Å². The first-order valence-electron chi connectivity index (χ1n) is 6.44. The third-order valence-electron chi connectivity index (χ3n) is 4.56. The molecule has 0 unspecified atom stereocenters. The number of benzene rings is 1. The van der Waals surface area contributed by atoms with E-state index in [4.69, 9.17) is 4.74 Å². The molecule has 2 atom stereocenters. The van der Waals surface area contributed by atoms with Gasteiger partial charge in [0.25, 0.3) is 0 Å². The van der Waals surface area contributed by atoms with Gasteiger partial charge in [0.15, 0.2) is 5.60 Å². The van der Waals surface area contributed by atoms with E-state index in [1.54, 1.807) is 0 Å². The second-order valence-electron chi connectivity index (χ2n) is 5.38. The summed E-state index contributed by atoms with van der Waals surface area (Å²) in [4.78, 5) is 0. The molecule has 1 aliphatic heterocycles. The molecule has 0 bridgehead atoms. The largest absolute Gasteiger partial charge is 0.344 e. The van der Waals surface area contributed by atoms with E-state index in [1.165, 1.54) is 22.3 Å². The van der Waals surface area contributed by atoms with Gasteiger partial charge in [0.2, 0.25) is 0 Å². The quantitative estimate of drug-likeness (QED) is 0.625. The summed E-state index contributed by atoms with van der Waals surface area (Å²) in [5.41, 5.74) is 5.08. The Morgan fingerprint density at radius 2 is 1.94 bits per heavy atom. The molecule has 86 valence electrons.